The first kappa shape index (κ1) is 18.0. The maximum Gasteiger partial charge on any atom is 0.271 e. The number of benzene rings is 1. The van der Waals surface area contributed by atoms with E-state index in [1.54, 1.807) is 10.6 Å². The lowest BCUT2D eigenvalue weighted by molar-refractivity contribution is -0.673. The third kappa shape index (κ3) is 3.11. The topological polar surface area (TPSA) is 29.1 Å². The van der Waals surface area contributed by atoms with E-state index in [0.717, 1.165) is 26.0 Å². The predicted octanol–water partition coefficient (Wildman–Crippen LogP) is 2.03. The summed E-state index contributed by atoms with van der Waals surface area (Å²) in [6.45, 7) is 2.57. The number of rotatable bonds is 2. The maximum atomic E-state index is 13.6. The first-order valence-corrected chi connectivity index (χ1v) is 10.2. The molecule has 1 aliphatic rings. The highest BCUT2D eigenvalue weighted by atomic mass is 32.2. The van der Waals surface area contributed by atoms with E-state index >= 15 is 0 Å². The van der Waals surface area contributed by atoms with E-state index in [9.17, 15) is 9.18 Å². The molecule has 7 heteroatoms. The summed E-state index contributed by atoms with van der Waals surface area (Å²) >= 11 is 2.93. The number of aromatic nitrogens is 2. The van der Waals surface area contributed by atoms with E-state index in [0.29, 0.717) is 11.1 Å². The molecule has 138 valence electrons. The first-order chi connectivity index (χ1) is 13.0. The second kappa shape index (κ2) is 6.98. The average molecular weight is 401 g/mol. The molecule has 1 aromatic carbocycles. The Morgan fingerprint density at radius 2 is 2.07 bits per heavy atom. The van der Waals surface area contributed by atoms with E-state index in [-0.39, 0.29) is 11.4 Å². The minimum absolute atomic E-state index is 0.00466. The fourth-order valence-electron chi connectivity index (χ4n) is 3.11. The van der Waals surface area contributed by atoms with Crippen LogP contribution in [0.4, 0.5) is 10.1 Å². The van der Waals surface area contributed by atoms with Gasteiger partial charge >= 0.3 is 0 Å². The standard InChI is InChI=1S/C20H19FN3OS2/c1-4-24-17(12-14-7-5-6-10-22(14)2)27-18(19(24)25)20-23(3)15-9-8-13(21)11-16(15)26-20/h5-12H,4H2,1-3H3/q+1/b20-18-. The molecule has 4 nitrogen and oxygen atoms in total. The molecule has 0 saturated carbocycles. The van der Waals surface area contributed by atoms with Crippen molar-refractivity contribution in [2.45, 2.75) is 18.4 Å². The lowest BCUT2D eigenvalue weighted by Gasteiger charge is -2.12. The largest absolute Gasteiger partial charge is 0.337 e. The van der Waals surface area contributed by atoms with Crippen LogP contribution in [0, 0.1) is 5.82 Å². The zero-order valence-electron chi connectivity index (χ0n) is 15.3. The monoisotopic (exact) mass is 400 g/mol. The Morgan fingerprint density at radius 1 is 1.26 bits per heavy atom. The van der Waals surface area contributed by atoms with Gasteiger partial charge in [-0.3, -0.25) is 9.36 Å². The zero-order valence-corrected chi connectivity index (χ0v) is 16.9. The summed E-state index contributed by atoms with van der Waals surface area (Å²) in [5.74, 6) is -0.265. The van der Waals surface area contributed by atoms with Crippen LogP contribution in [0.5, 0.6) is 0 Å². The van der Waals surface area contributed by atoms with Crippen LogP contribution in [-0.4, -0.2) is 11.6 Å². The summed E-state index contributed by atoms with van der Waals surface area (Å²) in [6.07, 6.45) is 4.02. The predicted molar refractivity (Wildman–Crippen MR) is 109 cm³/mol. The quantitative estimate of drug-likeness (QED) is 0.617. The molecule has 0 atom stereocenters. The molecule has 0 radical (unpaired) electrons. The van der Waals surface area contributed by atoms with E-state index in [2.05, 4.69) is 0 Å². The van der Waals surface area contributed by atoms with Gasteiger partial charge in [-0.15, -0.1) is 11.3 Å². The fourth-order valence-corrected chi connectivity index (χ4v) is 5.60. The summed E-state index contributed by atoms with van der Waals surface area (Å²) in [7, 11) is 3.90. The van der Waals surface area contributed by atoms with Gasteiger partial charge in [-0.1, -0.05) is 11.8 Å². The van der Waals surface area contributed by atoms with Gasteiger partial charge in [0.1, 0.15) is 27.1 Å². The number of anilines is 1. The minimum atomic E-state index is -0.265. The number of thioether (sulfide) groups is 1. The number of aryl methyl sites for hydroxylation is 1. The van der Waals surface area contributed by atoms with Gasteiger partial charge in [-0.25, -0.2) is 8.96 Å². The number of thiazole rings is 1. The van der Waals surface area contributed by atoms with Crippen molar-refractivity contribution in [1.82, 2.24) is 4.57 Å². The van der Waals surface area contributed by atoms with Gasteiger partial charge in [0.05, 0.1) is 5.69 Å². The number of pyridine rings is 1. The summed E-state index contributed by atoms with van der Waals surface area (Å²) in [5, 5.41) is 0.852. The highest BCUT2D eigenvalue weighted by Gasteiger charge is 2.25. The number of nitrogens with zero attached hydrogens (tertiary/aromatic N) is 3. The molecule has 0 fully saturated rings. The van der Waals surface area contributed by atoms with Crippen LogP contribution in [0.3, 0.4) is 0 Å². The van der Waals surface area contributed by atoms with Crippen molar-refractivity contribution in [3.8, 4) is 0 Å². The molecule has 3 aromatic rings. The molecule has 0 amide bonds. The SMILES string of the molecule is CCn1c(=O)/c(=C2/Sc3cc(F)ccc3N2C)s/c1=C\c1cccc[n+]1C. The van der Waals surface area contributed by atoms with Crippen LogP contribution in [0.2, 0.25) is 0 Å². The van der Waals surface area contributed by atoms with Gasteiger partial charge in [-0.05, 0) is 31.2 Å². The first-order valence-electron chi connectivity index (χ1n) is 8.61. The summed E-state index contributed by atoms with van der Waals surface area (Å²) < 4.78 is 19.0. The van der Waals surface area contributed by atoms with Crippen molar-refractivity contribution in [2.75, 3.05) is 11.9 Å². The Hall–Kier alpha value is -2.38. The Morgan fingerprint density at radius 3 is 2.81 bits per heavy atom. The second-order valence-corrected chi connectivity index (χ2v) is 8.34. The zero-order chi connectivity index (χ0) is 19.1. The number of hydrogen-bond acceptors (Lipinski definition) is 4. The van der Waals surface area contributed by atoms with E-state index < -0.39 is 0 Å². The highest BCUT2D eigenvalue weighted by molar-refractivity contribution is 8.08. The molecule has 2 aromatic heterocycles. The minimum Gasteiger partial charge on any atom is -0.337 e. The second-order valence-electron chi connectivity index (χ2n) is 6.28. The summed E-state index contributed by atoms with van der Waals surface area (Å²) in [5.41, 5.74) is 1.94. The summed E-state index contributed by atoms with van der Waals surface area (Å²) in [6, 6.07) is 10.7. The molecular weight excluding hydrogens is 381 g/mol. The molecule has 4 rings (SSSR count). The molecule has 1 aliphatic heterocycles. The van der Waals surface area contributed by atoms with E-state index in [1.807, 2.05) is 61.0 Å². The lowest BCUT2D eigenvalue weighted by Crippen LogP contribution is -2.34. The number of halogens is 1. The Kier molecular flexibility index (Phi) is 4.65. The van der Waals surface area contributed by atoms with Gasteiger partial charge in [0.15, 0.2) is 6.20 Å². The van der Waals surface area contributed by atoms with Crippen LogP contribution in [0.1, 0.15) is 12.6 Å². The highest BCUT2D eigenvalue weighted by Crippen LogP contribution is 2.45. The van der Waals surface area contributed by atoms with Gasteiger partial charge in [0.2, 0.25) is 5.69 Å². The van der Waals surface area contributed by atoms with Crippen molar-refractivity contribution in [1.29, 1.82) is 0 Å². The lowest BCUT2D eigenvalue weighted by atomic mass is 10.3. The number of fused-ring (bicyclic) bond motifs is 1. The third-order valence-corrected chi connectivity index (χ3v) is 7.05. The van der Waals surface area contributed by atoms with Crippen molar-refractivity contribution in [3.05, 3.63) is 73.7 Å². The Bertz CT molecular complexity index is 1210. The van der Waals surface area contributed by atoms with Crippen molar-refractivity contribution in [3.63, 3.8) is 0 Å². The molecule has 3 heterocycles. The fraction of sp³-hybridized carbons (Fsp3) is 0.200. The molecule has 0 saturated heterocycles. The maximum absolute atomic E-state index is 13.6. The van der Waals surface area contributed by atoms with Gasteiger partial charge in [-0.2, -0.15) is 0 Å². The van der Waals surface area contributed by atoms with Gasteiger partial charge in [0.25, 0.3) is 5.56 Å². The molecule has 27 heavy (non-hydrogen) atoms. The molecule has 0 N–H and O–H groups in total. The third-order valence-electron chi connectivity index (χ3n) is 4.58. The van der Waals surface area contributed by atoms with Crippen LogP contribution in [0.15, 0.2) is 52.3 Å². The van der Waals surface area contributed by atoms with Crippen molar-refractivity contribution < 1.29 is 8.96 Å². The van der Waals surface area contributed by atoms with Gasteiger partial charge < -0.3 is 4.90 Å². The normalized spacial score (nSPS) is 16.1. The van der Waals surface area contributed by atoms with Crippen molar-refractivity contribution in [2.24, 2.45) is 7.05 Å². The van der Waals surface area contributed by atoms with Crippen LogP contribution in [0.25, 0.3) is 11.1 Å². The van der Waals surface area contributed by atoms with Gasteiger partial charge in [0, 0.05) is 36.7 Å². The molecular formula is C20H19FN3OS2+. The smallest absolute Gasteiger partial charge is 0.271 e. The molecule has 0 spiro atoms. The van der Waals surface area contributed by atoms with Crippen LogP contribution in [-0.2, 0) is 13.6 Å². The van der Waals surface area contributed by atoms with E-state index in [1.165, 1.54) is 35.2 Å². The Labute approximate surface area is 164 Å². The van der Waals surface area contributed by atoms with Crippen LogP contribution >= 0.6 is 23.1 Å². The molecule has 0 aliphatic carbocycles. The van der Waals surface area contributed by atoms with E-state index in [4.69, 9.17) is 0 Å². The van der Waals surface area contributed by atoms with Crippen LogP contribution < -0.4 is 24.2 Å². The van der Waals surface area contributed by atoms with Crippen molar-refractivity contribution >= 4 is 39.9 Å². The number of hydrogen-bond donors (Lipinski definition) is 0. The molecule has 0 unspecified atom stereocenters. The average Bonchev–Trinajstić information content (AvgIpc) is 3.13. The summed E-state index contributed by atoms with van der Waals surface area (Å²) in [4.78, 5) is 15.9. The molecule has 0 bridgehead atoms. The Balaban J connectivity index is 1.94.